The molecule has 1 fully saturated rings. The third-order valence-corrected chi connectivity index (χ3v) is 6.30. The Morgan fingerprint density at radius 2 is 1.86 bits per heavy atom. The van der Waals surface area contributed by atoms with E-state index >= 15 is 0 Å². The summed E-state index contributed by atoms with van der Waals surface area (Å²) in [6.07, 6.45) is 0. The van der Waals surface area contributed by atoms with Gasteiger partial charge in [-0.3, -0.25) is 4.90 Å². The highest BCUT2D eigenvalue weighted by Crippen LogP contribution is 2.23. The molecule has 0 radical (unpaired) electrons. The molecule has 10 heteroatoms. The van der Waals surface area contributed by atoms with Gasteiger partial charge in [0.15, 0.2) is 4.60 Å². The summed E-state index contributed by atoms with van der Waals surface area (Å²) >= 11 is 3.16. The molecule has 1 aliphatic heterocycles. The van der Waals surface area contributed by atoms with Gasteiger partial charge in [0.2, 0.25) is 5.03 Å². The van der Waals surface area contributed by atoms with Crippen LogP contribution in [0.1, 0.15) is 0 Å². The Morgan fingerprint density at radius 1 is 1.24 bits per heavy atom. The molecule has 1 aromatic rings. The number of hydrogen-bond acceptors (Lipinski definition) is 6. The van der Waals surface area contributed by atoms with Crippen molar-refractivity contribution < 1.29 is 8.42 Å². The summed E-state index contributed by atoms with van der Waals surface area (Å²) in [5.41, 5.74) is 0. The molecule has 1 aromatic heterocycles. The second-order valence-electron chi connectivity index (χ2n) is 5.36. The lowest BCUT2D eigenvalue weighted by Crippen LogP contribution is -2.50. The van der Waals surface area contributed by atoms with Gasteiger partial charge in [0.25, 0.3) is 10.0 Å². The Balaban J connectivity index is 2.02. The van der Waals surface area contributed by atoms with Crippen molar-refractivity contribution in [2.24, 2.45) is 7.05 Å². The van der Waals surface area contributed by atoms with Crippen LogP contribution in [0.4, 0.5) is 0 Å². The number of aryl methyl sites for hydroxylation is 1. The van der Waals surface area contributed by atoms with Crippen LogP contribution in [0.2, 0.25) is 0 Å². The molecule has 2 rings (SSSR count). The predicted molar refractivity (Wildman–Crippen MR) is 82.5 cm³/mol. The Morgan fingerprint density at radius 3 is 2.33 bits per heavy atom. The summed E-state index contributed by atoms with van der Waals surface area (Å²) in [4.78, 5) is 4.41. The smallest absolute Gasteiger partial charge is 0.263 e. The summed E-state index contributed by atoms with van der Waals surface area (Å²) in [6, 6.07) is 0. The molecule has 21 heavy (non-hydrogen) atoms. The fourth-order valence-corrected chi connectivity index (χ4v) is 4.71. The first-order valence-corrected chi connectivity index (χ1v) is 8.98. The molecule has 120 valence electrons. The molecule has 2 heterocycles. The SMILES string of the molecule is CN(C)CCN1CCN(S(=O)(=O)c2c(Br)nnn2C)CC1. The van der Waals surface area contributed by atoms with E-state index in [1.54, 1.807) is 7.05 Å². The van der Waals surface area contributed by atoms with Crippen molar-refractivity contribution in [3.63, 3.8) is 0 Å². The highest BCUT2D eigenvalue weighted by atomic mass is 79.9. The molecule has 1 saturated heterocycles. The summed E-state index contributed by atoms with van der Waals surface area (Å²) in [6.45, 7) is 4.41. The Labute approximate surface area is 133 Å². The van der Waals surface area contributed by atoms with Crippen molar-refractivity contribution in [2.75, 3.05) is 53.4 Å². The van der Waals surface area contributed by atoms with Crippen molar-refractivity contribution in [2.45, 2.75) is 5.03 Å². The van der Waals surface area contributed by atoms with Gasteiger partial charge in [0.05, 0.1) is 0 Å². The van der Waals surface area contributed by atoms with Crippen molar-refractivity contribution in [3.05, 3.63) is 4.60 Å². The zero-order valence-corrected chi connectivity index (χ0v) is 14.9. The van der Waals surface area contributed by atoms with Crippen LogP contribution in [0.15, 0.2) is 9.63 Å². The Hall–Kier alpha value is -0.550. The maximum Gasteiger partial charge on any atom is 0.263 e. The third kappa shape index (κ3) is 3.81. The standard InChI is InChI=1S/C11H21BrN6O2S/c1-15(2)4-5-17-6-8-18(9-7-17)21(19,20)11-10(12)13-14-16(11)3/h4-9H2,1-3H3. The van der Waals surface area contributed by atoms with Gasteiger partial charge in [0, 0.05) is 46.3 Å². The second-order valence-corrected chi connectivity index (χ2v) is 7.96. The van der Waals surface area contributed by atoms with Gasteiger partial charge in [-0.25, -0.2) is 13.1 Å². The number of likely N-dealkylation sites (N-methyl/N-ethyl adjacent to an activating group) is 1. The molecular formula is C11H21BrN6O2S. The van der Waals surface area contributed by atoms with Crippen molar-refractivity contribution in [1.29, 1.82) is 0 Å². The monoisotopic (exact) mass is 380 g/mol. The fourth-order valence-electron chi connectivity index (χ4n) is 2.25. The van der Waals surface area contributed by atoms with E-state index in [1.807, 2.05) is 14.1 Å². The van der Waals surface area contributed by atoms with Gasteiger partial charge in [-0.05, 0) is 30.0 Å². The molecule has 0 unspecified atom stereocenters. The van der Waals surface area contributed by atoms with Crippen LogP contribution in [0, 0.1) is 0 Å². The van der Waals surface area contributed by atoms with E-state index < -0.39 is 10.0 Å². The van der Waals surface area contributed by atoms with Crippen molar-refractivity contribution in [1.82, 2.24) is 29.1 Å². The third-order valence-electron chi connectivity index (χ3n) is 3.52. The van der Waals surface area contributed by atoms with Gasteiger partial charge < -0.3 is 4.90 Å². The summed E-state index contributed by atoms with van der Waals surface area (Å²) in [7, 11) is 2.10. The minimum atomic E-state index is -3.55. The Bertz CT molecular complexity index is 560. The largest absolute Gasteiger partial charge is 0.308 e. The summed E-state index contributed by atoms with van der Waals surface area (Å²) in [5, 5.41) is 7.60. The summed E-state index contributed by atoms with van der Waals surface area (Å²) in [5.74, 6) is 0. The first kappa shape index (κ1) is 16.8. The molecule has 0 N–H and O–H groups in total. The number of piperazine rings is 1. The first-order chi connectivity index (χ1) is 9.82. The van der Waals surface area contributed by atoms with E-state index in [0.29, 0.717) is 13.1 Å². The number of halogens is 1. The van der Waals surface area contributed by atoms with E-state index in [1.165, 1.54) is 8.99 Å². The van der Waals surface area contributed by atoms with E-state index in [4.69, 9.17) is 0 Å². The predicted octanol–water partition coefficient (Wildman–Crippen LogP) is -0.554. The van der Waals surface area contributed by atoms with Crippen LogP contribution in [0.25, 0.3) is 0 Å². The second kappa shape index (κ2) is 6.69. The molecule has 0 saturated carbocycles. The molecule has 8 nitrogen and oxygen atoms in total. The summed E-state index contributed by atoms with van der Waals surface area (Å²) < 4.78 is 28.3. The average molecular weight is 381 g/mol. The minimum Gasteiger partial charge on any atom is -0.308 e. The van der Waals surface area contributed by atoms with E-state index in [0.717, 1.165) is 26.2 Å². The maximum absolute atomic E-state index is 12.6. The van der Waals surface area contributed by atoms with Gasteiger partial charge in [0.1, 0.15) is 0 Å². The van der Waals surface area contributed by atoms with Crippen LogP contribution in [-0.4, -0.2) is 90.9 Å². The molecule has 0 bridgehead atoms. The number of rotatable bonds is 5. The van der Waals surface area contributed by atoms with Gasteiger partial charge in [-0.1, -0.05) is 5.21 Å². The van der Waals surface area contributed by atoms with E-state index in [-0.39, 0.29) is 9.63 Å². The molecule has 0 spiro atoms. The maximum atomic E-state index is 12.6. The van der Waals surface area contributed by atoms with Crippen molar-refractivity contribution >= 4 is 26.0 Å². The van der Waals surface area contributed by atoms with Crippen LogP contribution in [0.3, 0.4) is 0 Å². The van der Waals surface area contributed by atoms with E-state index in [2.05, 4.69) is 36.0 Å². The Kier molecular flexibility index (Phi) is 5.36. The lowest BCUT2D eigenvalue weighted by atomic mass is 10.3. The lowest BCUT2D eigenvalue weighted by molar-refractivity contribution is 0.174. The molecular weight excluding hydrogens is 360 g/mol. The molecule has 1 aliphatic rings. The van der Waals surface area contributed by atoms with Gasteiger partial charge in [-0.2, -0.15) is 4.31 Å². The van der Waals surface area contributed by atoms with Crippen LogP contribution in [0.5, 0.6) is 0 Å². The normalized spacial score (nSPS) is 18.5. The van der Waals surface area contributed by atoms with Crippen LogP contribution in [-0.2, 0) is 17.1 Å². The molecule has 0 atom stereocenters. The number of sulfonamides is 1. The number of hydrogen-bond donors (Lipinski definition) is 0. The minimum absolute atomic E-state index is 0.115. The molecule has 0 aliphatic carbocycles. The van der Waals surface area contributed by atoms with Crippen LogP contribution >= 0.6 is 15.9 Å². The van der Waals surface area contributed by atoms with Gasteiger partial charge >= 0.3 is 0 Å². The average Bonchev–Trinajstić information content (AvgIpc) is 2.77. The molecule has 0 aromatic carbocycles. The highest BCUT2D eigenvalue weighted by molar-refractivity contribution is 9.10. The number of aromatic nitrogens is 3. The topological polar surface area (TPSA) is 74.6 Å². The quantitative estimate of drug-likeness (QED) is 0.681. The highest BCUT2D eigenvalue weighted by Gasteiger charge is 2.33. The zero-order valence-electron chi connectivity index (χ0n) is 12.5. The lowest BCUT2D eigenvalue weighted by Gasteiger charge is -2.34. The van der Waals surface area contributed by atoms with Crippen LogP contribution < -0.4 is 0 Å². The van der Waals surface area contributed by atoms with Crippen molar-refractivity contribution in [3.8, 4) is 0 Å². The van der Waals surface area contributed by atoms with E-state index in [9.17, 15) is 8.42 Å². The first-order valence-electron chi connectivity index (χ1n) is 6.75. The zero-order chi connectivity index (χ0) is 15.6. The molecule has 0 amide bonds. The van der Waals surface area contributed by atoms with Gasteiger partial charge in [-0.15, -0.1) is 5.10 Å². The fraction of sp³-hybridized carbons (Fsp3) is 0.818. The number of nitrogens with zero attached hydrogens (tertiary/aromatic N) is 6.